The van der Waals surface area contributed by atoms with E-state index in [0.717, 1.165) is 25.2 Å². The molecule has 4 rings (SSSR count). The van der Waals surface area contributed by atoms with Crippen molar-refractivity contribution in [2.75, 3.05) is 19.9 Å². The van der Waals surface area contributed by atoms with Crippen molar-refractivity contribution in [3.63, 3.8) is 0 Å². The molecule has 0 unspecified atom stereocenters. The highest BCUT2D eigenvalue weighted by Gasteiger charge is 2.29. The zero-order chi connectivity index (χ0) is 16.7. The lowest BCUT2D eigenvalue weighted by atomic mass is 9.96. The number of hydrogen-bond donors (Lipinski definition) is 0. The van der Waals surface area contributed by atoms with Gasteiger partial charge >= 0.3 is 0 Å². The van der Waals surface area contributed by atoms with Gasteiger partial charge in [-0.15, -0.1) is 10.2 Å². The summed E-state index contributed by atoms with van der Waals surface area (Å²) in [5.41, 5.74) is 0.517. The Hall–Kier alpha value is -2.28. The molecule has 1 fully saturated rings. The van der Waals surface area contributed by atoms with Gasteiger partial charge in [0.25, 0.3) is 5.91 Å². The molecule has 1 atom stereocenters. The van der Waals surface area contributed by atoms with Crippen LogP contribution in [0.5, 0.6) is 11.5 Å². The number of likely N-dealkylation sites (tertiary alicyclic amines) is 1. The Morgan fingerprint density at radius 2 is 2.25 bits per heavy atom. The third-order valence-electron chi connectivity index (χ3n) is 4.49. The van der Waals surface area contributed by atoms with Gasteiger partial charge in [-0.25, -0.2) is 0 Å². The molecule has 0 bridgehead atoms. The van der Waals surface area contributed by atoms with Crippen LogP contribution in [0.4, 0.5) is 0 Å². The van der Waals surface area contributed by atoms with Crippen LogP contribution in [0.3, 0.4) is 0 Å². The van der Waals surface area contributed by atoms with Crippen molar-refractivity contribution in [2.24, 2.45) is 7.05 Å². The number of fused-ring (bicyclic) bond motifs is 1. The number of aromatic nitrogens is 3. The van der Waals surface area contributed by atoms with Gasteiger partial charge in [0.1, 0.15) is 12.2 Å². The summed E-state index contributed by atoms with van der Waals surface area (Å²) in [5, 5.41) is 8.52. The largest absolute Gasteiger partial charge is 0.454 e. The van der Waals surface area contributed by atoms with E-state index in [1.54, 1.807) is 18.5 Å². The van der Waals surface area contributed by atoms with Crippen LogP contribution in [-0.2, 0) is 7.05 Å². The molecule has 0 spiro atoms. The fraction of sp³-hybridized carbons (Fsp3) is 0.438. The first kappa shape index (κ1) is 15.3. The molecule has 1 aromatic heterocycles. The summed E-state index contributed by atoms with van der Waals surface area (Å²) >= 11 is 6.19. The zero-order valence-corrected chi connectivity index (χ0v) is 14.0. The van der Waals surface area contributed by atoms with E-state index in [9.17, 15) is 4.79 Å². The predicted octanol–water partition coefficient (Wildman–Crippen LogP) is 2.22. The molecule has 0 saturated carbocycles. The van der Waals surface area contributed by atoms with E-state index in [-0.39, 0.29) is 18.6 Å². The molecular formula is C16H17ClN4O3. The highest BCUT2D eigenvalue weighted by atomic mass is 35.5. The summed E-state index contributed by atoms with van der Waals surface area (Å²) < 4.78 is 12.6. The van der Waals surface area contributed by atoms with E-state index in [1.807, 2.05) is 16.5 Å². The summed E-state index contributed by atoms with van der Waals surface area (Å²) in [7, 11) is 1.92. The molecule has 8 heteroatoms. The first-order chi connectivity index (χ1) is 11.6. The Morgan fingerprint density at radius 1 is 1.38 bits per heavy atom. The second kappa shape index (κ2) is 5.98. The Kier molecular flexibility index (Phi) is 3.80. The van der Waals surface area contributed by atoms with E-state index < -0.39 is 0 Å². The van der Waals surface area contributed by atoms with Crippen LogP contribution in [0.1, 0.15) is 34.9 Å². The summed E-state index contributed by atoms with van der Waals surface area (Å²) in [5.74, 6) is 2.08. The van der Waals surface area contributed by atoms with Gasteiger partial charge in [0.05, 0.1) is 5.02 Å². The molecular weight excluding hydrogens is 332 g/mol. The molecule has 0 N–H and O–H groups in total. The van der Waals surface area contributed by atoms with E-state index in [1.165, 1.54) is 0 Å². The average molecular weight is 349 g/mol. The number of nitrogens with zero attached hydrogens (tertiary/aromatic N) is 4. The fourth-order valence-corrected chi connectivity index (χ4v) is 3.57. The molecule has 126 valence electrons. The number of rotatable bonds is 2. The van der Waals surface area contributed by atoms with Gasteiger partial charge < -0.3 is 18.9 Å². The van der Waals surface area contributed by atoms with E-state index >= 15 is 0 Å². The molecule has 1 aromatic carbocycles. The number of carbonyl (C=O) groups excluding carboxylic acids is 1. The molecule has 2 aliphatic rings. The average Bonchev–Trinajstić information content (AvgIpc) is 3.23. The molecule has 7 nitrogen and oxygen atoms in total. The summed E-state index contributed by atoms with van der Waals surface area (Å²) in [6.45, 7) is 1.47. The topological polar surface area (TPSA) is 69.5 Å². The lowest BCUT2D eigenvalue weighted by Crippen LogP contribution is -2.39. The maximum atomic E-state index is 12.9. The second-order valence-corrected chi connectivity index (χ2v) is 6.49. The number of aryl methyl sites for hydroxylation is 1. The van der Waals surface area contributed by atoms with Crippen LogP contribution in [-0.4, -0.2) is 45.5 Å². The van der Waals surface area contributed by atoms with Gasteiger partial charge in [0.15, 0.2) is 11.5 Å². The molecule has 2 aromatic rings. The number of piperidine rings is 1. The maximum Gasteiger partial charge on any atom is 0.254 e. The van der Waals surface area contributed by atoms with Gasteiger partial charge in [-0.05, 0) is 25.0 Å². The van der Waals surface area contributed by atoms with Crippen molar-refractivity contribution < 1.29 is 14.3 Å². The maximum absolute atomic E-state index is 12.9. The van der Waals surface area contributed by atoms with Crippen molar-refractivity contribution in [3.8, 4) is 11.5 Å². The minimum atomic E-state index is -0.0536. The van der Waals surface area contributed by atoms with Crippen LogP contribution in [0.25, 0.3) is 0 Å². The van der Waals surface area contributed by atoms with E-state index in [2.05, 4.69) is 10.2 Å². The quantitative estimate of drug-likeness (QED) is 0.832. The minimum absolute atomic E-state index is 0.0536. The number of ether oxygens (including phenoxy) is 2. The van der Waals surface area contributed by atoms with Gasteiger partial charge in [-0.1, -0.05) is 11.6 Å². The second-order valence-electron chi connectivity index (χ2n) is 6.08. The van der Waals surface area contributed by atoms with Crippen LogP contribution >= 0.6 is 11.6 Å². The SMILES string of the molecule is Cn1cnnc1[C@@H]1CCCN(C(=O)c2cc(Cl)c3c(c2)OCO3)C1. The Bertz CT molecular complexity index is 792. The lowest BCUT2D eigenvalue weighted by Gasteiger charge is -2.32. The first-order valence-electron chi connectivity index (χ1n) is 7.86. The smallest absolute Gasteiger partial charge is 0.254 e. The first-order valence-corrected chi connectivity index (χ1v) is 8.23. The molecule has 3 heterocycles. The number of carbonyl (C=O) groups is 1. The summed E-state index contributed by atoms with van der Waals surface area (Å²) in [6, 6.07) is 3.34. The summed E-state index contributed by atoms with van der Waals surface area (Å²) in [4.78, 5) is 14.7. The number of hydrogen-bond acceptors (Lipinski definition) is 5. The molecule has 0 aliphatic carbocycles. The van der Waals surface area contributed by atoms with Crippen molar-refractivity contribution in [2.45, 2.75) is 18.8 Å². The summed E-state index contributed by atoms with van der Waals surface area (Å²) in [6.07, 6.45) is 3.62. The number of amides is 1. The van der Waals surface area contributed by atoms with Gasteiger partial charge in [0.2, 0.25) is 6.79 Å². The Balaban J connectivity index is 1.56. The normalized spacial score (nSPS) is 19.6. The van der Waals surface area contributed by atoms with Crippen LogP contribution in [0, 0.1) is 0 Å². The fourth-order valence-electron chi connectivity index (χ4n) is 3.31. The molecule has 24 heavy (non-hydrogen) atoms. The number of benzene rings is 1. The van der Waals surface area contributed by atoms with Crippen molar-refractivity contribution in [3.05, 3.63) is 34.9 Å². The Labute approximate surface area is 144 Å². The van der Waals surface area contributed by atoms with Crippen molar-refractivity contribution >= 4 is 17.5 Å². The highest BCUT2D eigenvalue weighted by molar-refractivity contribution is 6.32. The van der Waals surface area contributed by atoms with Crippen molar-refractivity contribution in [1.82, 2.24) is 19.7 Å². The minimum Gasteiger partial charge on any atom is -0.454 e. The lowest BCUT2D eigenvalue weighted by molar-refractivity contribution is 0.0703. The molecule has 0 radical (unpaired) electrons. The molecule has 1 saturated heterocycles. The molecule has 2 aliphatic heterocycles. The number of halogens is 1. The third kappa shape index (κ3) is 2.58. The third-order valence-corrected chi connectivity index (χ3v) is 4.78. The Morgan fingerprint density at radius 3 is 3.04 bits per heavy atom. The van der Waals surface area contributed by atoms with Gasteiger partial charge in [-0.2, -0.15) is 0 Å². The van der Waals surface area contributed by atoms with Crippen LogP contribution in [0.15, 0.2) is 18.5 Å². The monoisotopic (exact) mass is 348 g/mol. The predicted molar refractivity (Wildman–Crippen MR) is 86.5 cm³/mol. The standard InChI is InChI=1S/C16H17ClN4O3/c1-20-8-18-19-15(20)10-3-2-4-21(7-10)16(22)11-5-12(17)14-13(6-11)23-9-24-14/h5-6,8,10H,2-4,7,9H2,1H3/t10-/m1/s1. The van der Waals surface area contributed by atoms with Gasteiger partial charge in [0, 0.05) is 31.6 Å². The zero-order valence-electron chi connectivity index (χ0n) is 13.2. The van der Waals surface area contributed by atoms with Gasteiger partial charge in [-0.3, -0.25) is 4.79 Å². The van der Waals surface area contributed by atoms with Crippen LogP contribution in [0.2, 0.25) is 5.02 Å². The van der Waals surface area contributed by atoms with E-state index in [0.29, 0.717) is 28.6 Å². The molecule has 1 amide bonds. The van der Waals surface area contributed by atoms with Crippen LogP contribution < -0.4 is 9.47 Å². The van der Waals surface area contributed by atoms with E-state index in [4.69, 9.17) is 21.1 Å². The van der Waals surface area contributed by atoms with Crippen molar-refractivity contribution in [1.29, 1.82) is 0 Å². The highest BCUT2D eigenvalue weighted by Crippen LogP contribution is 2.40.